The van der Waals surface area contributed by atoms with Gasteiger partial charge in [-0.3, -0.25) is 9.59 Å². The topological polar surface area (TPSA) is 74.8 Å². The largest absolute Gasteiger partial charge is 0.366 e. The van der Waals surface area contributed by atoms with E-state index in [1.807, 2.05) is 20.8 Å². The number of thiazole rings is 1. The van der Waals surface area contributed by atoms with E-state index >= 15 is 0 Å². The quantitative estimate of drug-likeness (QED) is 0.885. The zero-order valence-corrected chi connectivity index (χ0v) is 11.8. The predicted molar refractivity (Wildman–Crippen MR) is 75.8 cm³/mol. The number of pyridine rings is 1. The number of rotatable bonds is 2. The summed E-state index contributed by atoms with van der Waals surface area (Å²) < 4.78 is 0. The summed E-state index contributed by atoms with van der Waals surface area (Å²) in [6.07, 6.45) is 4.52. The van der Waals surface area contributed by atoms with Crippen LogP contribution in [-0.2, 0) is 5.41 Å². The summed E-state index contributed by atoms with van der Waals surface area (Å²) in [5.74, 6) is -0.315. The van der Waals surface area contributed by atoms with Gasteiger partial charge in [0.15, 0.2) is 0 Å². The van der Waals surface area contributed by atoms with Crippen LogP contribution in [0.25, 0.3) is 0 Å². The Labute approximate surface area is 114 Å². The molecule has 0 radical (unpaired) electrons. The third-order valence-electron chi connectivity index (χ3n) is 2.44. The zero-order valence-electron chi connectivity index (χ0n) is 11.0. The number of nitrogens with zero attached hydrogens (tertiary/aromatic N) is 1. The first-order valence-corrected chi connectivity index (χ1v) is 6.64. The molecule has 6 heteroatoms. The molecule has 0 aliphatic carbocycles. The first-order chi connectivity index (χ1) is 8.88. The fourth-order valence-electron chi connectivity index (χ4n) is 1.42. The third kappa shape index (κ3) is 3.08. The Morgan fingerprint density at radius 3 is 2.74 bits per heavy atom. The summed E-state index contributed by atoms with van der Waals surface area (Å²) in [6, 6.07) is 1.36. The van der Waals surface area contributed by atoms with Crippen LogP contribution >= 0.6 is 11.3 Å². The van der Waals surface area contributed by atoms with Gasteiger partial charge in [0.05, 0.1) is 11.2 Å². The molecule has 100 valence electrons. The van der Waals surface area contributed by atoms with Crippen LogP contribution in [0, 0.1) is 0 Å². The second-order valence-electron chi connectivity index (χ2n) is 5.16. The van der Waals surface area contributed by atoms with Crippen molar-refractivity contribution in [3.05, 3.63) is 44.8 Å². The molecule has 2 aromatic heterocycles. The van der Waals surface area contributed by atoms with E-state index in [-0.39, 0.29) is 22.4 Å². The minimum Gasteiger partial charge on any atom is -0.366 e. The lowest BCUT2D eigenvalue weighted by molar-refractivity contribution is 0.103. The van der Waals surface area contributed by atoms with Crippen molar-refractivity contribution in [3.63, 3.8) is 0 Å². The number of aromatic nitrogens is 2. The standard InChI is InChI=1S/C13H15N3O2S/c1-13(2,3)12-15-7-10(19-12)11(18)16-8-6-14-5-4-9(8)17/h4-7H,1-3H3,(H,14,17)(H,16,18). The monoisotopic (exact) mass is 277 g/mol. The van der Waals surface area contributed by atoms with E-state index in [2.05, 4.69) is 15.3 Å². The van der Waals surface area contributed by atoms with Crippen LogP contribution in [0.1, 0.15) is 35.5 Å². The van der Waals surface area contributed by atoms with Crippen LogP contribution < -0.4 is 10.7 Å². The highest BCUT2D eigenvalue weighted by Crippen LogP contribution is 2.26. The van der Waals surface area contributed by atoms with E-state index in [1.54, 1.807) is 0 Å². The fraction of sp³-hybridized carbons (Fsp3) is 0.308. The van der Waals surface area contributed by atoms with Gasteiger partial charge in [-0.2, -0.15) is 0 Å². The SMILES string of the molecule is CC(C)(C)c1ncc(C(=O)Nc2c[nH]ccc2=O)s1. The molecular weight excluding hydrogens is 262 g/mol. The van der Waals surface area contributed by atoms with Crippen molar-refractivity contribution >= 4 is 22.9 Å². The smallest absolute Gasteiger partial charge is 0.267 e. The molecule has 0 atom stereocenters. The Balaban J connectivity index is 2.20. The van der Waals surface area contributed by atoms with Crippen molar-refractivity contribution in [2.75, 3.05) is 5.32 Å². The van der Waals surface area contributed by atoms with Crippen LogP contribution in [0.15, 0.2) is 29.5 Å². The molecule has 2 aromatic rings. The molecule has 0 fully saturated rings. The van der Waals surface area contributed by atoms with Gasteiger partial charge in [-0.25, -0.2) is 4.98 Å². The fourth-order valence-corrected chi connectivity index (χ4v) is 2.29. The highest BCUT2D eigenvalue weighted by molar-refractivity contribution is 7.13. The highest BCUT2D eigenvalue weighted by Gasteiger charge is 2.20. The van der Waals surface area contributed by atoms with Crippen LogP contribution in [0.4, 0.5) is 5.69 Å². The molecule has 0 spiro atoms. The summed E-state index contributed by atoms with van der Waals surface area (Å²) in [7, 11) is 0. The van der Waals surface area contributed by atoms with Gasteiger partial charge in [0.2, 0.25) is 5.43 Å². The summed E-state index contributed by atoms with van der Waals surface area (Å²) in [4.78, 5) is 31.0. The average molecular weight is 277 g/mol. The first-order valence-electron chi connectivity index (χ1n) is 5.83. The molecule has 2 N–H and O–H groups in total. The van der Waals surface area contributed by atoms with Crippen LogP contribution in [0.5, 0.6) is 0 Å². The number of H-pyrrole nitrogens is 1. The maximum absolute atomic E-state index is 12.0. The van der Waals surface area contributed by atoms with E-state index in [9.17, 15) is 9.59 Å². The molecule has 0 unspecified atom stereocenters. The maximum atomic E-state index is 12.0. The molecule has 0 aliphatic rings. The molecule has 1 amide bonds. The summed E-state index contributed by atoms with van der Waals surface area (Å²) >= 11 is 1.34. The summed E-state index contributed by atoms with van der Waals surface area (Å²) in [6.45, 7) is 6.11. The van der Waals surface area contributed by atoms with Crippen molar-refractivity contribution < 1.29 is 4.79 Å². The normalized spacial score (nSPS) is 11.3. The first kappa shape index (κ1) is 13.5. The molecular formula is C13H15N3O2S. The van der Waals surface area contributed by atoms with E-state index in [0.717, 1.165) is 5.01 Å². The van der Waals surface area contributed by atoms with Crippen LogP contribution in [0.3, 0.4) is 0 Å². The molecule has 0 bridgehead atoms. The molecule has 2 rings (SSSR count). The summed E-state index contributed by atoms with van der Waals surface area (Å²) in [5, 5.41) is 3.47. The second kappa shape index (κ2) is 4.97. The minimum absolute atomic E-state index is 0.0899. The Hall–Kier alpha value is -1.95. The average Bonchev–Trinajstić information content (AvgIpc) is 2.81. The Bertz CT molecular complexity index is 652. The molecule has 0 saturated heterocycles. The van der Waals surface area contributed by atoms with E-state index in [1.165, 1.54) is 36.0 Å². The van der Waals surface area contributed by atoms with Crippen LogP contribution in [0.2, 0.25) is 0 Å². The van der Waals surface area contributed by atoms with Gasteiger partial charge in [-0.05, 0) is 0 Å². The highest BCUT2D eigenvalue weighted by atomic mass is 32.1. The minimum atomic E-state index is -0.315. The second-order valence-corrected chi connectivity index (χ2v) is 6.19. The van der Waals surface area contributed by atoms with Gasteiger partial charge in [-0.1, -0.05) is 20.8 Å². The van der Waals surface area contributed by atoms with E-state index < -0.39 is 0 Å². The maximum Gasteiger partial charge on any atom is 0.267 e. The lowest BCUT2D eigenvalue weighted by atomic mass is 9.98. The lowest BCUT2D eigenvalue weighted by Gasteiger charge is -2.13. The van der Waals surface area contributed by atoms with E-state index in [4.69, 9.17) is 0 Å². The number of aromatic amines is 1. The van der Waals surface area contributed by atoms with E-state index in [0.29, 0.717) is 4.88 Å². The number of nitrogens with one attached hydrogen (secondary N) is 2. The third-order valence-corrected chi connectivity index (χ3v) is 3.87. The van der Waals surface area contributed by atoms with Crippen LogP contribution in [-0.4, -0.2) is 15.9 Å². The number of hydrogen-bond donors (Lipinski definition) is 2. The number of anilines is 1. The Morgan fingerprint density at radius 2 is 2.16 bits per heavy atom. The Kier molecular flexibility index (Phi) is 3.53. The molecule has 2 heterocycles. The number of amides is 1. The van der Waals surface area contributed by atoms with Crippen molar-refractivity contribution in [3.8, 4) is 0 Å². The molecule has 0 aromatic carbocycles. The van der Waals surface area contributed by atoms with Crippen molar-refractivity contribution in [1.29, 1.82) is 0 Å². The van der Waals surface area contributed by atoms with Gasteiger partial charge in [0, 0.05) is 23.9 Å². The zero-order chi connectivity index (χ0) is 14.0. The predicted octanol–water partition coefficient (Wildman–Crippen LogP) is 2.38. The molecule has 0 aliphatic heterocycles. The Morgan fingerprint density at radius 1 is 1.42 bits per heavy atom. The molecule has 19 heavy (non-hydrogen) atoms. The lowest BCUT2D eigenvalue weighted by Crippen LogP contribution is -2.17. The van der Waals surface area contributed by atoms with Crippen molar-refractivity contribution in [1.82, 2.24) is 9.97 Å². The summed E-state index contributed by atoms with van der Waals surface area (Å²) in [5.41, 5.74) is -0.0844. The van der Waals surface area contributed by atoms with Gasteiger partial charge in [0.25, 0.3) is 5.91 Å². The molecule has 0 saturated carbocycles. The van der Waals surface area contributed by atoms with Gasteiger partial charge in [0.1, 0.15) is 10.6 Å². The van der Waals surface area contributed by atoms with Gasteiger partial charge in [-0.15, -0.1) is 11.3 Å². The van der Waals surface area contributed by atoms with Gasteiger partial charge < -0.3 is 10.3 Å². The van der Waals surface area contributed by atoms with Crippen molar-refractivity contribution in [2.24, 2.45) is 0 Å². The molecule has 5 nitrogen and oxygen atoms in total. The van der Waals surface area contributed by atoms with Gasteiger partial charge >= 0.3 is 0 Å². The number of carbonyl (C=O) groups is 1. The van der Waals surface area contributed by atoms with Crippen molar-refractivity contribution in [2.45, 2.75) is 26.2 Å². The number of hydrogen-bond acceptors (Lipinski definition) is 4. The number of carbonyl (C=O) groups excluding carboxylic acids is 1.